The Morgan fingerprint density at radius 3 is 2.23 bits per heavy atom. The number of carbonyl (C=O) groups is 2. The van der Waals surface area contributed by atoms with E-state index < -0.39 is 0 Å². The molecule has 5 heteroatoms. The third-order valence-corrected chi connectivity index (χ3v) is 7.63. The van der Waals surface area contributed by atoms with Crippen molar-refractivity contribution in [2.45, 2.75) is 98.1 Å². The maximum atomic E-state index is 13.8. The number of hydrogen-bond donors (Lipinski definition) is 1. The lowest BCUT2D eigenvalue weighted by atomic mass is 9.81. The molecule has 0 unspecified atom stereocenters. The van der Waals surface area contributed by atoms with Crippen LogP contribution in [0.2, 0.25) is 0 Å². The second kappa shape index (κ2) is 9.88. The molecule has 0 bridgehead atoms. The van der Waals surface area contributed by atoms with E-state index in [1.54, 1.807) is 6.92 Å². The molecule has 0 aromatic carbocycles. The van der Waals surface area contributed by atoms with E-state index in [-0.39, 0.29) is 35.2 Å². The average molecular weight is 444 g/mol. The van der Waals surface area contributed by atoms with E-state index in [2.05, 4.69) is 39.5 Å². The van der Waals surface area contributed by atoms with Gasteiger partial charge in [0.2, 0.25) is 5.91 Å². The van der Waals surface area contributed by atoms with Crippen molar-refractivity contribution >= 4 is 28.7 Å². The molecule has 170 valence electrons. The van der Waals surface area contributed by atoms with Crippen molar-refractivity contribution in [3.05, 3.63) is 15.8 Å². The molecule has 0 saturated heterocycles. The number of anilines is 1. The van der Waals surface area contributed by atoms with Crippen LogP contribution in [0.15, 0.2) is 6.07 Å². The fraction of sp³-hybridized carbons (Fsp3) is 0.692. The summed E-state index contributed by atoms with van der Waals surface area (Å²) in [6.45, 7) is 10.0. The van der Waals surface area contributed by atoms with Crippen molar-refractivity contribution in [1.29, 1.82) is 0 Å². The van der Waals surface area contributed by atoms with E-state index in [1.807, 2.05) is 11.0 Å². The molecule has 0 radical (unpaired) electrons. The molecule has 2 aliphatic rings. The van der Waals surface area contributed by atoms with Gasteiger partial charge in [-0.25, -0.2) is 0 Å². The molecule has 1 aromatic heterocycles. The van der Waals surface area contributed by atoms with Gasteiger partial charge in [-0.05, 0) is 84.1 Å². The van der Waals surface area contributed by atoms with Crippen LogP contribution in [-0.2, 0) is 4.79 Å². The number of hydrogen-bond acceptors (Lipinski definition) is 4. The van der Waals surface area contributed by atoms with Crippen molar-refractivity contribution in [3.8, 4) is 11.8 Å². The predicted octanol–water partition coefficient (Wildman–Crippen LogP) is 5.81. The summed E-state index contributed by atoms with van der Waals surface area (Å²) in [7, 11) is 0. The summed E-state index contributed by atoms with van der Waals surface area (Å²) < 4.78 is 0. The molecule has 31 heavy (non-hydrogen) atoms. The normalized spacial score (nSPS) is 26.6. The zero-order chi connectivity index (χ0) is 22.8. The number of thiophene rings is 1. The Morgan fingerprint density at radius 1 is 1.06 bits per heavy atom. The van der Waals surface area contributed by atoms with Gasteiger partial charge in [0.05, 0.1) is 21.5 Å². The summed E-state index contributed by atoms with van der Waals surface area (Å²) in [5.41, 5.74) is 0.606. The number of amides is 1. The third kappa shape index (κ3) is 6.20. The van der Waals surface area contributed by atoms with Gasteiger partial charge >= 0.3 is 0 Å². The molecule has 0 atom stereocenters. The molecule has 1 aromatic rings. The zero-order valence-electron chi connectivity index (χ0n) is 19.7. The fourth-order valence-electron chi connectivity index (χ4n) is 4.64. The van der Waals surface area contributed by atoms with E-state index >= 15 is 0 Å². The van der Waals surface area contributed by atoms with Gasteiger partial charge in [-0.2, -0.15) is 0 Å². The first-order valence-corrected chi connectivity index (χ1v) is 12.6. The first kappa shape index (κ1) is 24.0. The van der Waals surface area contributed by atoms with Crippen LogP contribution in [0, 0.1) is 29.1 Å². The summed E-state index contributed by atoms with van der Waals surface area (Å²) in [4.78, 5) is 29.7. The monoisotopic (exact) mass is 443 g/mol. The second-order valence-corrected chi connectivity index (χ2v) is 11.6. The van der Waals surface area contributed by atoms with E-state index in [0.29, 0.717) is 23.6 Å². The highest BCUT2D eigenvalue weighted by Crippen LogP contribution is 2.39. The minimum atomic E-state index is -0.285. The van der Waals surface area contributed by atoms with E-state index in [9.17, 15) is 14.7 Å². The summed E-state index contributed by atoms with van der Waals surface area (Å²) >= 11 is 1.40. The molecule has 2 fully saturated rings. The number of aliphatic hydroxyl groups is 1. The van der Waals surface area contributed by atoms with E-state index in [1.165, 1.54) is 11.3 Å². The number of rotatable bonds is 4. The molecule has 1 heterocycles. The number of carbonyl (C=O) groups excluding carboxylic acids is 2. The molecule has 3 rings (SSSR count). The van der Waals surface area contributed by atoms with Gasteiger partial charge < -0.3 is 10.0 Å². The highest BCUT2D eigenvalue weighted by molar-refractivity contribution is 7.15. The van der Waals surface area contributed by atoms with Crippen molar-refractivity contribution in [2.24, 2.45) is 17.3 Å². The Morgan fingerprint density at radius 2 is 1.68 bits per heavy atom. The topological polar surface area (TPSA) is 57.6 Å². The largest absolute Gasteiger partial charge is 0.393 e. The van der Waals surface area contributed by atoms with Crippen LogP contribution in [0.4, 0.5) is 5.69 Å². The van der Waals surface area contributed by atoms with E-state index in [4.69, 9.17) is 0 Å². The molecule has 2 aliphatic carbocycles. The summed E-state index contributed by atoms with van der Waals surface area (Å²) in [5.74, 6) is 7.31. The highest BCUT2D eigenvalue weighted by Gasteiger charge is 2.36. The van der Waals surface area contributed by atoms with Gasteiger partial charge in [0.25, 0.3) is 0 Å². The first-order chi connectivity index (χ1) is 14.5. The number of Topliss-reactive ketones (excluding diaryl/α,β-unsaturated/α-hetero) is 1. The van der Waals surface area contributed by atoms with Crippen LogP contribution in [-0.4, -0.2) is 28.9 Å². The Balaban J connectivity index is 1.99. The summed E-state index contributed by atoms with van der Waals surface area (Å²) in [6.07, 6.45) is 6.66. The van der Waals surface area contributed by atoms with E-state index in [0.717, 1.165) is 49.1 Å². The van der Waals surface area contributed by atoms with Crippen LogP contribution < -0.4 is 4.90 Å². The van der Waals surface area contributed by atoms with Crippen molar-refractivity contribution in [2.75, 3.05) is 4.90 Å². The van der Waals surface area contributed by atoms with Gasteiger partial charge in [-0.15, -0.1) is 11.3 Å². The SMILES string of the molecule is CC(=O)c1sc(C#CC(C)(C)C)cc1N(C(=O)[C@H]1CC[C@@H](C)CC1)[C@H]1CC[C@@H](O)CC1. The van der Waals surface area contributed by atoms with Crippen LogP contribution in [0.1, 0.15) is 101 Å². The first-order valence-electron chi connectivity index (χ1n) is 11.7. The molecular weight excluding hydrogens is 406 g/mol. The Bertz CT molecular complexity index is 853. The molecule has 4 nitrogen and oxygen atoms in total. The van der Waals surface area contributed by atoms with Gasteiger partial charge in [-0.1, -0.05) is 18.8 Å². The maximum absolute atomic E-state index is 13.8. The second-order valence-electron chi connectivity index (χ2n) is 10.5. The number of ketones is 1. The molecule has 2 saturated carbocycles. The van der Waals surface area contributed by atoms with Crippen molar-refractivity contribution < 1.29 is 14.7 Å². The summed E-state index contributed by atoms with van der Waals surface area (Å²) in [6, 6.07) is 1.99. The van der Waals surface area contributed by atoms with Crippen LogP contribution in [0.25, 0.3) is 0 Å². The summed E-state index contributed by atoms with van der Waals surface area (Å²) in [5, 5.41) is 10.0. The number of aliphatic hydroxyl groups excluding tert-OH is 1. The lowest BCUT2D eigenvalue weighted by Crippen LogP contribution is -2.47. The maximum Gasteiger partial charge on any atom is 0.230 e. The molecule has 1 N–H and O–H groups in total. The van der Waals surface area contributed by atoms with Gasteiger partial charge in [-0.3, -0.25) is 9.59 Å². The standard InChI is InChI=1S/C26H37NO3S/c1-17-6-8-19(9-7-17)25(30)27(20-10-12-21(29)13-11-20)23-16-22(14-15-26(3,4)5)31-24(23)18(2)28/h16-17,19-21,29H,6-13H2,1-5H3/t17-,19+,20-,21+. The lowest BCUT2D eigenvalue weighted by molar-refractivity contribution is -0.124. The Hall–Kier alpha value is -1.64. The van der Waals surface area contributed by atoms with Gasteiger partial charge in [0.15, 0.2) is 5.78 Å². The zero-order valence-corrected chi connectivity index (χ0v) is 20.5. The smallest absolute Gasteiger partial charge is 0.230 e. The van der Waals surface area contributed by atoms with Gasteiger partial charge in [0, 0.05) is 24.3 Å². The molecule has 0 spiro atoms. The number of nitrogens with zero attached hydrogens (tertiary/aromatic N) is 1. The molecule has 1 amide bonds. The van der Waals surface area contributed by atoms with Crippen molar-refractivity contribution in [3.63, 3.8) is 0 Å². The van der Waals surface area contributed by atoms with Crippen molar-refractivity contribution in [1.82, 2.24) is 0 Å². The van der Waals surface area contributed by atoms with Crippen LogP contribution >= 0.6 is 11.3 Å². The Labute approximate surface area is 191 Å². The fourth-order valence-corrected chi connectivity index (χ4v) is 5.54. The average Bonchev–Trinajstić information content (AvgIpc) is 3.12. The quantitative estimate of drug-likeness (QED) is 0.472. The van der Waals surface area contributed by atoms with Crippen LogP contribution in [0.5, 0.6) is 0 Å². The lowest BCUT2D eigenvalue weighted by Gasteiger charge is -2.39. The minimum absolute atomic E-state index is 0.0188. The molecule has 0 aliphatic heterocycles. The Kier molecular flexibility index (Phi) is 7.65. The predicted molar refractivity (Wildman–Crippen MR) is 128 cm³/mol. The van der Waals surface area contributed by atoms with Crippen LogP contribution in [0.3, 0.4) is 0 Å². The third-order valence-electron chi connectivity index (χ3n) is 6.49. The molecular formula is C26H37NO3S. The minimum Gasteiger partial charge on any atom is -0.393 e. The highest BCUT2D eigenvalue weighted by atomic mass is 32.1. The van der Waals surface area contributed by atoms with Gasteiger partial charge in [0.1, 0.15) is 0 Å².